The largest absolute Gasteiger partial charge is 0.462 e. The molecule has 1 heterocycles. The summed E-state index contributed by atoms with van der Waals surface area (Å²) >= 11 is 0. The lowest BCUT2D eigenvalue weighted by molar-refractivity contribution is -0.157. The summed E-state index contributed by atoms with van der Waals surface area (Å²) < 4.78 is 5.11. The van der Waals surface area contributed by atoms with Crippen LogP contribution in [-0.2, 0) is 9.53 Å². The van der Waals surface area contributed by atoms with Crippen LogP contribution in [0.15, 0.2) is 0 Å². The first kappa shape index (κ1) is 8.57. The van der Waals surface area contributed by atoms with E-state index in [0.717, 1.165) is 6.42 Å². The number of hydrogen-bond donors (Lipinski definition) is 0. The zero-order chi connectivity index (χ0) is 8.27. The Morgan fingerprint density at radius 3 is 2.91 bits per heavy atom. The molecule has 0 saturated carbocycles. The first-order valence-corrected chi connectivity index (χ1v) is 4.43. The number of ether oxygens (including phenoxy) is 1. The van der Waals surface area contributed by atoms with Gasteiger partial charge in [0.2, 0.25) is 0 Å². The van der Waals surface area contributed by atoms with Gasteiger partial charge >= 0.3 is 5.97 Å². The topological polar surface area (TPSA) is 26.3 Å². The van der Waals surface area contributed by atoms with Crippen molar-refractivity contribution in [2.24, 2.45) is 5.92 Å². The molecule has 0 aromatic heterocycles. The third-order valence-corrected chi connectivity index (χ3v) is 2.36. The van der Waals surface area contributed by atoms with Crippen molar-refractivity contribution in [1.29, 1.82) is 0 Å². The average Bonchev–Trinajstić information content (AvgIpc) is 1.95. The summed E-state index contributed by atoms with van der Waals surface area (Å²) in [6, 6.07) is 0. The predicted octanol–water partition coefficient (Wildman–Crippen LogP) is 2.13. The van der Waals surface area contributed by atoms with Crippen LogP contribution in [0.1, 0.15) is 39.5 Å². The van der Waals surface area contributed by atoms with E-state index in [0.29, 0.717) is 12.3 Å². The fourth-order valence-electron chi connectivity index (χ4n) is 1.65. The molecule has 0 amide bonds. The Bertz CT molecular complexity index is 142. The lowest BCUT2D eigenvalue weighted by atomic mass is 9.91. The number of rotatable bonds is 2. The maximum absolute atomic E-state index is 10.8. The molecule has 0 spiro atoms. The Labute approximate surface area is 67.9 Å². The molecular formula is C9H16O2. The fraction of sp³-hybridized carbons (Fsp3) is 0.889. The van der Waals surface area contributed by atoms with Gasteiger partial charge in [0.15, 0.2) is 0 Å². The van der Waals surface area contributed by atoms with Crippen molar-refractivity contribution in [2.75, 3.05) is 0 Å². The van der Waals surface area contributed by atoms with Crippen molar-refractivity contribution in [1.82, 2.24) is 0 Å². The summed E-state index contributed by atoms with van der Waals surface area (Å²) in [6.45, 7) is 4.17. The molecular weight excluding hydrogens is 140 g/mol. The molecule has 0 radical (unpaired) electrons. The molecule has 1 fully saturated rings. The van der Waals surface area contributed by atoms with Crippen LogP contribution in [0.25, 0.3) is 0 Å². The maximum Gasteiger partial charge on any atom is 0.306 e. The Hall–Kier alpha value is -0.530. The lowest BCUT2D eigenvalue weighted by Crippen LogP contribution is -2.29. The number of carbonyl (C=O) groups is 1. The summed E-state index contributed by atoms with van der Waals surface area (Å²) in [4.78, 5) is 10.8. The molecule has 2 atom stereocenters. The Morgan fingerprint density at radius 2 is 2.36 bits per heavy atom. The molecule has 1 aliphatic heterocycles. The highest BCUT2D eigenvalue weighted by Gasteiger charge is 2.25. The van der Waals surface area contributed by atoms with Crippen LogP contribution in [-0.4, -0.2) is 12.1 Å². The second-order valence-corrected chi connectivity index (χ2v) is 3.28. The Balaban J connectivity index is 2.37. The average molecular weight is 156 g/mol. The molecule has 0 aliphatic carbocycles. The van der Waals surface area contributed by atoms with Crippen molar-refractivity contribution >= 4 is 5.97 Å². The summed E-state index contributed by atoms with van der Waals surface area (Å²) in [5.74, 6) is 0.586. The van der Waals surface area contributed by atoms with Crippen LogP contribution in [0, 0.1) is 5.92 Å². The zero-order valence-corrected chi connectivity index (χ0v) is 7.30. The van der Waals surface area contributed by atoms with Crippen LogP contribution in [0.2, 0.25) is 0 Å². The van der Waals surface area contributed by atoms with Gasteiger partial charge in [0, 0.05) is 6.42 Å². The van der Waals surface area contributed by atoms with Gasteiger partial charge in [-0.2, -0.15) is 0 Å². The van der Waals surface area contributed by atoms with Gasteiger partial charge in [-0.1, -0.05) is 13.3 Å². The number of esters is 1. The summed E-state index contributed by atoms with van der Waals surface area (Å²) in [5.41, 5.74) is 0. The Kier molecular flexibility index (Phi) is 2.92. The standard InChI is InChI=1S/C9H16O2/c1-3-4-8-5-6-9(10)11-7(8)2/h7-8H,3-6H2,1-2H3. The molecule has 0 aromatic rings. The van der Waals surface area contributed by atoms with E-state index in [2.05, 4.69) is 6.92 Å². The molecule has 0 aromatic carbocycles. The van der Waals surface area contributed by atoms with Crippen LogP contribution < -0.4 is 0 Å². The number of cyclic esters (lactones) is 1. The highest BCUT2D eigenvalue weighted by molar-refractivity contribution is 5.70. The molecule has 64 valence electrons. The minimum Gasteiger partial charge on any atom is -0.462 e. The van der Waals surface area contributed by atoms with E-state index in [1.165, 1.54) is 12.8 Å². The third-order valence-electron chi connectivity index (χ3n) is 2.36. The Morgan fingerprint density at radius 1 is 1.64 bits per heavy atom. The van der Waals surface area contributed by atoms with Gasteiger partial charge in [-0.3, -0.25) is 4.79 Å². The van der Waals surface area contributed by atoms with Gasteiger partial charge in [0.25, 0.3) is 0 Å². The second kappa shape index (κ2) is 3.74. The molecule has 0 bridgehead atoms. The van der Waals surface area contributed by atoms with Crippen molar-refractivity contribution in [3.8, 4) is 0 Å². The van der Waals surface area contributed by atoms with E-state index < -0.39 is 0 Å². The summed E-state index contributed by atoms with van der Waals surface area (Å²) in [5, 5.41) is 0. The van der Waals surface area contributed by atoms with E-state index in [4.69, 9.17) is 4.74 Å². The monoisotopic (exact) mass is 156 g/mol. The quantitative estimate of drug-likeness (QED) is 0.572. The molecule has 1 rings (SSSR count). The number of carbonyl (C=O) groups excluding carboxylic acids is 1. The van der Waals surface area contributed by atoms with Crippen LogP contribution >= 0.6 is 0 Å². The second-order valence-electron chi connectivity index (χ2n) is 3.28. The van der Waals surface area contributed by atoms with Crippen molar-refractivity contribution in [3.63, 3.8) is 0 Å². The van der Waals surface area contributed by atoms with Crippen molar-refractivity contribution < 1.29 is 9.53 Å². The molecule has 2 unspecified atom stereocenters. The minimum atomic E-state index is -0.0233. The van der Waals surface area contributed by atoms with E-state index in [1.54, 1.807) is 0 Å². The fourth-order valence-corrected chi connectivity index (χ4v) is 1.65. The zero-order valence-electron chi connectivity index (χ0n) is 7.30. The van der Waals surface area contributed by atoms with E-state index in [-0.39, 0.29) is 12.1 Å². The highest BCUT2D eigenvalue weighted by Crippen LogP contribution is 2.25. The molecule has 1 aliphatic rings. The van der Waals surface area contributed by atoms with Crippen molar-refractivity contribution in [3.05, 3.63) is 0 Å². The first-order chi connectivity index (χ1) is 5.24. The van der Waals surface area contributed by atoms with Crippen LogP contribution in [0.3, 0.4) is 0 Å². The number of hydrogen-bond acceptors (Lipinski definition) is 2. The van der Waals surface area contributed by atoms with E-state index >= 15 is 0 Å². The SMILES string of the molecule is CCCC1CCC(=O)OC1C. The van der Waals surface area contributed by atoms with E-state index in [9.17, 15) is 4.79 Å². The predicted molar refractivity (Wildman–Crippen MR) is 43.2 cm³/mol. The molecule has 1 saturated heterocycles. The van der Waals surface area contributed by atoms with Gasteiger partial charge in [-0.05, 0) is 25.7 Å². The van der Waals surface area contributed by atoms with Gasteiger partial charge in [0.05, 0.1) is 0 Å². The smallest absolute Gasteiger partial charge is 0.306 e. The van der Waals surface area contributed by atoms with Crippen LogP contribution in [0.5, 0.6) is 0 Å². The van der Waals surface area contributed by atoms with E-state index in [1.807, 2.05) is 6.92 Å². The molecule has 2 nitrogen and oxygen atoms in total. The highest BCUT2D eigenvalue weighted by atomic mass is 16.5. The summed E-state index contributed by atoms with van der Waals surface area (Å²) in [6.07, 6.45) is 4.17. The van der Waals surface area contributed by atoms with Gasteiger partial charge < -0.3 is 4.74 Å². The summed E-state index contributed by atoms with van der Waals surface area (Å²) in [7, 11) is 0. The third kappa shape index (κ3) is 2.21. The normalized spacial score (nSPS) is 31.6. The van der Waals surface area contributed by atoms with Gasteiger partial charge in [-0.15, -0.1) is 0 Å². The molecule has 2 heteroatoms. The first-order valence-electron chi connectivity index (χ1n) is 4.43. The van der Waals surface area contributed by atoms with Gasteiger partial charge in [0.1, 0.15) is 6.10 Å². The minimum absolute atomic E-state index is 0.0233. The van der Waals surface area contributed by atoms with Gasteiger partial charge in [-0.25, -0.2) is 0 Å². The lowest BCUT2D eigenvalue weighted by Gasteiger charge is -2.27. The maximum atomic E-state index is 10.8. The van der Waals surface area contributed by atoms with Crippen molar-refractivity contribution in [2.45, 2.75) is 45.6 Å². The molecule has 0 N–H and O–H groups in total. The van der Waals surface area contributed by atoms with Crippen LogP contribution in [0.4, 0.5) is 0 Å². The molecule has 11 heavy (non-hydrogen) atoms.